The Balaban J connectivity index is 1.42. The van der Waals surface area contributed by atoms with E-state index in [2.05, 4.69) is 21.7 Å². The van der Waals surface area contributed by atoms with Gasteiger partial charge in [-0.05, 0) is 47.0 Å². The SMILES string of the molecule is O=C(CCc1ccsc1)Nc1ccc2nc(N3CCOCC3)sc2c1. The summed E-state index contributed by atoms with van der Waals surface area (Å²) in [5.74, 6) is 0.0449. The van der Waals surface area contributed by atoms with Gasteiger partial charge in [0.2, 0.25) is 5.91 Å². The third-order valence-electron chi connectivity index (χ3n) is 4.16. The van der Waals surface area contributed by atoms with Crippen molar-refractivity contribution in [2.45, 2.75) is 12.8 Å². The highest BCUT2D eigenvalue weighted by Crippen LogP contribution is 2.31. The highest BCUT2D eigenvalue weighted by atomic mass is 32.1. The Bertz CT molecular complexity index is 854. The molecule has 130 valence electrons. The molecule has 25 heavy (non-hydrogen) atoms. The number of amides is 1. The second-order valence-corrected chi connectivity index (χ2v) is 7.75. The largest absolute Gasteiger partial charge is 0.378 e. The van der Waals surface area contributed by atoms with Gasteiger partial charge in [-0.1, -0.05) is 11.3 Å². The number of anilines is 2. The first kappa shape index (κ1) is 16.5. The molecule has 1 aliphatic rings. The van der Waals surface area contributed by atoms with Crippen molar-refractivity contribution in [2.75, 3.05) is 36.5 Å². The van der Waals surface area contributed by atoms with E-state index in [4.69, 9.17) is 9.72 Å². The van der Waals surface area contributed by atoms with Crippen LogP contribution in [0.3, 0.4) is 0 Å². The predicted molar refractivity (Wildman–Crippen MR) is 104 cm³/mol. The molecule has 1 amide bonds. The van der Waals surface area contributed by atoms with Crippen molar-refractivity contribution in [2.24, 2.45) is 0 Å². The normalized spacial score (nSPS) is 14.8. The Morgan fingerprint density at radius 1 is 1.28 bits per heavy atom. The average molecular weight is 374 g/mol. The number of ether oxygens (including phenoxy) is 1. The maximum absolute atomic E-state index is 12.2. The van der Waals surface area contributed by atoms with Gasteiger partial charge in [-0.15, -0.1) is 0 Å². The van der Waals surface area contributed by atoms with Crippen LogP contribution >= 0.6 is 22.7 Å². The zero-order valence-electron chi connectivity index (χ0n) is 13.7. The van der Waals surface area contributed by atoms with E-state index >= 15 is 0 Å². The van der Waals surface area contributed by atoms with Crippen LogP contribution in [0.5, 0.6) is 0 Å². The summed E-state index contributed by atoms with van der Waals surface area (Å²) >= 11 is 3.33. The first-order chi connectivity index (χ1) is 12.3. The lowest BCUT2D eigenvalue weighted by atomic mass is 10.2. The van der Waals surface area contributed by atoms with E-state index in [1.54, 1.807) is 22.7 Å². The molecule has 2 aromatic heterocycles. The van der Waals surface area contributed by atoms with Crippen molar-refractivity contribution in [3.05, 3.63) is 40.6 Å². The van der Waals surface area contributed by atoms with Gasteiger partial charge in [0.15, 0.2) is 5.13 Å². The number of nitrogens with one attached hydrogen (secondary N) is 1. The van der Waals surface area contributed by atoms with E-state index in [9.17, 15) is 4.79 Å². The number of nitrogens with zero attached hydrogens (tertiary/aromatic N) is 2. The van der Waals surface area contributed by atoms with E-state index in [1.807, 2.05) is 23.6 Å². The summed E-state index contributed by atoms with van der Waals surface area (Å²) in [4.78, 5) is 19.1. The summed E-state index contributed by atoms with van der Waals surface area (Å²) in [6.45, 7) is 3.26. The number of aromatic nitrogens is 1. The first-order valence-corrected chi connectivity index (χ1v) is 10.1. The van der Waals surface area contributed by atoms with Crippen LogP contribution in [-0.4, -0.2) is 37.2 Å². The number of thiazole rings is 1. The Morgan fingerprint density at radius 3 is 2.96 bits per heavy atom. The fourth-order valence-electron chi connectivity index (χ4n) is 2.80. The summed E-state index contributed by atoms with van der Waals surface area (Å²) in [5.41, 5.74) is 3.02. The van der Waals surface area contributed by atoms with Gasteiger partial charge < -0.3 is 15.0 Å². The number of hydrogen-bond donors (Lipinski definition) is 1. The molecule has 1 N–H and O–H groups in total. The molecule has 3 heterocycles. The fourth-order valence-corrected chi connectivity index (χ4v) is 4.56. The minimum Gasteiger partial charge on any atom is -0.378 e. The quantitative estimate of drug-likeness (QED) is 0.740. The molecule has 1 saturated heterocycles. The number of thiophene rings is 1. The van der Waals surface area contributed by atoms with E-state index in [0.29, 0.717) is 6.42 Å². The van der Waals surface area contributed by atoms with Gasteiger partial charge in [0.1, 0.15) is 0 Å². The molecule has 7 heteroatoms. The van der Waals surface area contributed by atoms with Gasteiger partial charge >= 0.3 is 0 Å². The molecule has 1 aliphatic heterocycles. The van der Waals surface area contributed by atoms with Crippen LogP contribution in [0.25, 0.3) is 10.2 Å². The van der Waals surface area contributed by atoms with Crippen LogP contribution in [0, 0.1) is 0 Å². The number of rotatable bonds is 5. The van der Waals surface area contributed by atoms with Crippen LogP contribution < -0.4 is 10.2 Å². The van der Waals surface area contributed by atoms with Gasteiger partial charge in [-0.25, -0.2) is 4.98 Å². The number of carbonyl (C=O) groups is 1. The van der Waals surface area contributed by atoms with Crippen LogP contribution in [0.1, 0.15) is 12.0 Å². The van der Waals surface area contributed by atoms with E-state index < -0.39 is 0 Å². The van der Waals surface area contributed by atoms with Gasteiger partial charge in [-0.3, -0.25) is 4.79 Å². The van der Waals surface area contributed by atoms with E-state index in [-0.39, 0.29) is 5.91 Å². The Labute approximate surface area is 154 Å². The van der Waals surface area contributed by atoms with Crippen molar-refractivity contribution in [3.63, 3.8) is 0 Å². The second-order valence-electron chi connectivity index (χ2n) is 5.96. The van der Waals surface area contributed by atoms with Crippen LogP contribution in [0.15, 0.2) is 35.0 Å². The molecule has 0 atom stereocenters. The molecule has 1 fully saturated rings. The molecular formula is C18H19N3O2S2. The minimum atomic E-state index is 0.0449. The highest BCUT2D eigenvalue weighted by molar-refractivity contribution is 7.22. The summed E-state index contributed by atoms with van der Waals surface area (Å²) in [5, 5.41) is 8.15. The smallest absolute Gasteiger partial charge is 0.224 e. The second kappa shape index (κ2) is 7.51. The summed E-state index contributed by atoms with van der Waals surface area (Å²) < 4.78 is 6.49. The predicted octanol–water partition coefficient (Wildman–Crippen LogP) is 3.77. The van der Waals surface area contributed by atoms with Crippen molar-refractivity contribution >= 4 is 49.6 Å². The third kappa shape index (κ3) is 4.00. The van der Waals surface area contributed by atoms with E-state index in [1.165, 1.54) is 5.56 Å². The van der Waals surface area contributed by atoms with Crippen LogP contribution in [0.4, 0.5) is 10.8 Å². The lowest BCUT2D eigenvalue weighted by Gasteiger charge is -2.25. The van der Waals surface area contributed by atoms with Crippen LogP contribution in [-0.2, 0) is 16.0 Å². The average Bonchev–Trinajstić information content (AvgIpc) is 3.30. The molecule has 0 bridgehead atoms. The lowest BCUT2D eigenvalue weighted by molar-refractivity contribution is -0.116. The van der Waals surface area contributed by atoms with Crippen molar-refractivity contribution in [1.29, 1.82) is 0 Å². The highest BCUT2D eigenvalue weighted by Gasteiger charge is 2.15. The number of hydrogen-bond acceptors (Lipinski definition) is 6. The Kier molecular flexibility index (Phi) is 4.96. The third-order valence-corrected chi connectivity index (χ3v) is 5.97. The van der Waals surface area contributed by atoms with Gasteiger partial charge in [0.05, 0.1) is 23.4 Å². The zero-order valence-corrected chi connectivity index (χ0v) is 15.4. The maximum atomic E-state index is 12.2. The minimum absolute atomic E-state index is 0.0449. The molecule has 3 aromatic rings. The summed E-state index contributed by atoms with van der Waals surface area (Å²) in [6.07, 6.45) is 1.27. The molecule has 0 spiro atoms. The van der Waals surface area contributed by atoms with Gasteiger partial charge in [0.25, 0.3) is 0 Å². The van der Waals surface area contributed by atoms with Crippen molar-refractivity contribution in [3.8, 4) is 0 Å². The summed E-state index contributed by atoms with van der Waals surface area (Å²) in [7, 11) is 0. The number of carbonyl (C=O) groups excluding carboxylic acids is 1. The molecule has 0 saturated carbocycles. The van der Waals surface area contributed by atoms with E-state index in [0.717, 1.165) is 53.8 Å². The molecule has 1 aromatic carbocycles. The fraction of sp³-hybridized carbons (Fsp3) is 0.333. The summed E-state index contributed by atoms with van der Waals surface area (Å²) in [6, 6.07) is 7.98. The van der Waals surface area contributed by atoms with Crippen LogP contribution in [0.2, 0.25) is 0 Å². The zero-order chi connectivity index (χ0) is 17.1. The lowest BCUT2D eigenvalue weighted by Crippen LogP contribution is -2.36. The molecule has 0 unspecified atom stereocenters. The molecule has 4 rings (SSSR count). The molecule has 0 radical (unpaired) electrons. The standard InChI is InChI=1S/C18H19N3O2S2/c22-17(4-1-13-5-10-24-12-13)19-14-2-3-15-16(11-14)25-18(20-15)21-6-8-23-9-7-21/h2-3,5,10-12H,1,4,6-9H2,(H,19,22). The molecule has 5 nitrogen and oxygen atoms in total. The topological polar surface area (TPSA) is 54.5 Å². The molecule has 0 aliphatic carbocycles. The first-order valence-electron chi connectivity index (χ1n) is 8.32. The van der Waals surface area contributed by atoms with Gasteiger partial charge in [0, 0.05) is 25.2 Å². The number of morpholine rings is 1. The number of benzene rings is 1. The number of fused-ring (bicyclic) bond motifs is 1. The van der Waals surface area contributed by atoms with Crippen molar-refractivity contribution < 1.29 is 9.53 Å². The Hall–Kier alpha value is -1.96. The van der Waals surface area contributed by atoms with Crippen molar-refractivity contribution in [1.82, 2.24) is 4.98 Å². The maximum Gasteiger partial charge on any atom is 0.224 e. The van der Waals surface area contributed by atoms with Gasteiger partial charge in [-0.2, -0.15) is 11.3 Å². The number of aryl methyl sites for hydroxylation is 1. The molecular weight excluding hydrogens is 354 g/mol. The Morgan fingerprint density at radius 2 is 2.16 bits per heavy atom. The monoisotopic (exact) mass is 373 g/mol.